The van der Waals surface area contributed by atoms with Crippen LogP contribution in [0.15, 0.2) is 206 Å². The van der Waals surface area contributed by atoms with Crippen LogP contribution in [0.4, 0.5) is 22.7 Å². The number of rotatable bonds is 9. The Bertz CT molecular complexity index is 3550. The first-order valence-electron chi connectivity index (χ1n) is 25.7. The summed E-state index contributed by atoms with van der Waals surface area (Å²) >= 11 is 0. The number of nitrogens with zero attached hydrogens (tertiary/aromatic N) is 4. The smallest absolute Gasteiger partial charge is 0.135 e. The maximum Gasteiger partial charge on any atom is 0.135 e. The summed E-state index contributed by atoms with van der Waals surface area (Å²) in [4.78, 5) is 9.92. The van der Waals surface area contributed by atoms with Crippen molar-refractivity contribution in [1.82, 2.24) is 9.55 Å². The number of fused-ring (bicyclic) bond motifs is 4. The van der Waals surface area contributed by atoms with E-state index in [2.05, 4.69) is 253 Å². The fraction of sp³-hybridized carbons (Fsp3) is 0.194. The predicted octanol–water partition coefficient (Wildman–Crippen LogP) is 16.6. The van der Waals surface area contributed by atoms with Crippen LogP contribution in [0, 0.1) is 42.5 Å². The molecular formula is C67H55N4Pt-3. The van der Waals surface area contributed by atoms with Crippen LogP contribution in [-0.2, 0) is 31.9 Å². The largest absolute Gasteiger partial charge is 0.493 e. The van der Waals surface area contributed by atoms with E-state index in [0.29, 0.717) is 11.8 Å². The number of anilines is 4. The Morgan fingerprint density at radius 2 is 1.11 bits per heavy atom. The second-order valence-corrected chi connectivity index (χ2v) is 21.3. The van der Waals surface area contributed by atoms with Gasteiger partial charge in [0.15, 0.2) is 0 Å². The SMILES string of the molecule is CC(C)(c1[c-]c(N2[CH-]N(c3c(-c4ccccc4)cccc3-c3ccccc3)c3ccccc32)ccc1)c1[c-]c2c(cc1)c1ccccc1n2-c1cc(C2(c3ccccc3)C3CC4CC(C3)CC2C4)ccn1.[Pt]. The zero-order chi connectivity index (χ0) is 47.3. The fourth-order valence-electron chi connectivity index (χ4n) is 14.1. The molecule has 4 saturated carbocycles. The van der Waals surface area contributed by atoms with E-state index in [0.717, 1.165) is 62.6 Å². The second-order valence-electron chi connectivity index (χ2n) is 21.3. The summed E-state index contributed by atoms with van der Waals surface area (Å²) in [6, 6.07) is 81.3. The molecule has 15 rings (SSSR count). The third kappa shape index (κ3) is 7.00. The van der Waals surface area contributed by atoms with Crippen LogP contribution in [0.3, 0.4) is 0 Å². The monoisotopic (exact) mass is 1110 g/mol. The first kappa shape index (κ1) is 44.9. The Hall–Kier alpha value is -7.00. The van der Waals surface area contributed by atoms with E-state index in [1.54, 1.807) is 0 Å². The summed E-state index contributed by atoms with van der Waals surface area (Å²) in [5, 5.41) is 2.40. The summed E-state index contributed by atoms with van der Waals surface area (Å²) in [6.07, 6.45) is 8.84. The average Bonchev–Trinajstić information content (AvgIpc) is 3.97. The first-order chi connectivity index (χ1) is 34.9. The molecule has 0 atom stereocenters. The van der Waals surface area contributed by atoms with Gasteiger partial charge < -0.3 is 14.4 Å². The molecule has 4 nitrogen and oxygen atoms in total. The van der Waals surface area contributed by atoms with Gasteiger partial charge in [0.05, 0.1) is 0 Å². The number of aromatic nitrogens is 2. The minimum Gasteiger partial charge on any atom is -0.493 e. The predicted molar refractivity (Wildman–Crippen MR) is 291 cm³/mol. The van der Waals surface area contributed by atoms with E-state index in [9.17, 15) is 0 Å². The number of hydrogen-bond donors (Lipinski definition) is 0. The van der Waals surface area contributed by atoms with Gasteiger partial charge in [0.25, 0.3) is 0 Å². The van der Waals surface area contributed by atoms with Crippen molar-refractivity contribution in [2.45, 2.75) is 56.8 Å². The molecule has 4 bridgehead atoms. The molecule has 5 heteroatoms. The molecule has 0 radical (unpaired) electrons. The first-order valence-corrected chi connectivity index (χ1v) is 25.7. The van der Waals surface area contributed by atoms with Gasteiger partial charge >= 0.3 is 0 Å². The molecule has 2 aromatic heterocycles. The van der Waals surface area contributed by atoms with Gasteiger partial charge in [0, 0.05) is 66.4 Å². The quantitative estimate of drug-likeness (QED) is 0.135. The van der Waals surface area contributed by atoms with Crippen molar-refractivity contribution >= 4 is 44.6 Å². The average molecular weight is 1110 g/mol. The minimum atomic E-state index is -0.447. The van der Waals surface area contributed by atoms with Gasteiger partial charge in [-0.15, -0.1) is 17.7 Å². The third-order valence-corrected chi connectivity index (χ3v) is 17.2. The molecule has 0 N–H and O–H groups in total. The van der Waals surface area contributed by atoms with Crippen molar-refractivity contribution in [2.75, 3.05) is 9.80 Å². The van der Waals surface area contributed by atoms with E-state index in [-0.39, 0.29) is 26.5 Å². The van der Waals surface area contributed by atoms with Crippen molar-refractivity contribution in [3.8, 4) is 28.1 Å². The molecular weight excluding hydrogens is 1060 g/mol. The Kier molecular flexibility index (Phi) is 11.0. The van der Waals surface area contributed by atoms with Crippen LogP contribution in [0.2, 0.25) is 0 Å². The van der Waals surface area contributed by atoms with E-state index in [1.165, 1.54) is 76.3 Å². The Labute approximate surface area is 438 Å². The summed E-state index contributed by atoms with van der Waals surface area (Å²) in [5.41, 5.74) is 15.9. The fourth-order valence-corrected chi connectivity index (χ4v) is 14.1. The topological polar surface area (TPSA) is 24.3 Å². The number of pyridine rings is 1. The Morgan fingerprint density at radius 1 is 0.528 bits per heavy atom. The van der Waals surface area contributed by atoms with Gasteiger partial charge in [0.2, 0.25) is 0 Å². The molecule has 72 heavy (non-hydrogen) atoms. The van der Waals surface area contributed by atoms with Crippen LogP contribution < -0.4 is 9.80 Å². The van der Waals surface area contributed by atoms with Crippen molar-refractivity contribution in [2.24, 2.45) is 23.7 Å². The molecule has 356 valence electrons. The standard InChI is InChI=1S/C67H55N4.Pt/c1-66(2,50-24-16-25-55(41-50)69-44-70(62-31-15-14-30-61(62)69)65-56(47-18-6-3-7-19-47)27-17-28-57(65)48-20-8-4-9-21-48)51-32-33-59-58-26-12-13-29-60(58)71(63(59)42-51)64-43-52(34-35-68-64)67(49-22-10-5-11-23-49)53-37-45-36-46(39-53)40-54(67)38-45;/h3-35,43-46,53-54H,36-40H2,1-2H3;/q-3;. The zero-order valence-corrected chi connectivity index (χ0v) is 42.9. The molecule has 0 unspecified atom stereocenters. The van der Waals surface area contributed by atoms with Gasteiger partial charge in [-0.25, -0.2) is 4.98 Å². The molecule has 4 aliphatic carbocycles. The van der Waals surface area contributed by atoms with Crippen molar-refractivity contribution in [1.29, 1.82) is 0 Å². The minimum absolute atomic E-state index is 0. The van der Waals surface area contributed by atoms with Gasteiger partial charge in [0.1, 0.15) is 5.82 Å². The van der Waals surface area contributed by atoms with Crippen LogP contribution in [0.25, 0.3) is 49.9 Å². The number of benzene rings is 8. The van der Waals surface area contributed by atoms with Crippen molar-refractivity contribution in [3.63, 3.8) is 0 Å². The van der Waals surface area contributed by atoms with E-state index < -0.39 is 5.41 Å². The normalized spacial score (nSPS) is 21.0. The third-order valence-electron chi connectivity index (χ3n) is 17.2. The molecule has 10 aromatic rings. The van der Waals surface area contributed by atoms with Crippen molar-refractivity contribution < 1.29 is 21.1 Å². The van der Waals surface area contributed by atoms with Crippen LogP contribution in [0.5, 0.6) is 0 Å². The Morgan fingerprint density at radius 3 is 1.79 bits per heavy atom. The zero-order valence-electron chi connectivity index (χ0n) is 40.7. The van der Waals surface area contributed by atoms with Gasteiger partial charge in [-0.2, -0.15) is 53.6 Å². The summed E-state index contributed by atoms with van der Waals surface area (Å²) in [5.74, 6) is 4.00. The van der Waals surface area contributed by atoms with Crippen LogP contribution in [-0.4, -0.2) is 9.55 Å². The number of hydrogen-bond acceptors (Lipinski definition) is 3. The van der Waals surface area contributed by atoms with Crippen LogP contribution in [0.1, 0.15) is 68.2 Å². The van der Waals surface area contributed by atoms with Gasteiger partial charge in [-0.3, -0.25) is 0 Å². The maximum atomic E-state index is 5.24. The van der Waals surface area contributed by atoms with Crippen molar-refractivity contribution in [3.05, 3.63) is 247 Å². The molecule has 1 aliphatic heterocycles. The van der Waals surface area contributed by atoms with E-state index in [1.807, 2.05) is 0 Å². The molecule has 0 amide bonds. The summed E-state index contributed by atoms with van der Waals surface area (Å²) < 4.78 is 2.39. The molecule has 0 spiro atoms. The molecule has 5 aliphatic rings. The second kappa shape index (κ2) is 17.6. The van der Waals surface area contributed by atoms with Gasteiger partial charge in [-0.1, -0.05) is 159 Å². The van der Waals surface area contributed by atoms with E-state index >= 15 is 0 Å². The molecule has 0 saturated heterocycles. The van der Waals surface area contributed by atoms with Gasteiger partial charge in [-0.05, 0) is 119 Å². The molecule has 3 heterocycles. The molecule has 4 fully saturated rings. The van der Waals surface area contributed by atoms with Crippen LogP contribution >= 0.6 is 0 Å². The number of para-hydroxylation sites is 4. The molecule has 8 aromatic carbocycles. The van der Waals surface area contributed by atoms with E-state index in [4.69, 9.17) is 4.98 Å². The Balaban J connectivity index is 0.00000504. The summed E-state index contributed by atoms with van der Waals surface area (Å²) in [7, 11) is 0. The maximum absolute atomic E-state index is 5.24. The summed E-state index contributed by atoms with van der Waals surface area (Å²) in [6.45, 7) is 6.89.